The van der Waals surface area contributed by atoms with E-state index in [4.69, 9.17) is 0 Å². The molecule has 3 rings (SSSR count). The number of benzene rings is 2. The quantitative estimate of drug-likeness (QED) is 0.482. The molecule has 1 aliphatic heterocycles. The zero-order chi connectivity index (χ0) is 22.4. The average Bonchev–Trinajstić information content (AvgIpc) is 3.18. The summed E-state index contributed by atoms with van der Waals surface area (Å²) in [6.45, 7) is 0. The maximum atomic E-state index is 14.3. The Morgan fingerprint density at radius 3 is 2.10 bits per heavy atom. The summed E-state index contributed by atoms with van der Waals surface area (Å²) in [6, 6.07) is 8.49. The van der Waals surface area contributed by atoms with Crippen LogP contribution in [0.2, 0.25) is 0 Å². The van der Waals surface area contributed by atoms with Crippen molar-refractivity contribution in [2.24, 2.45) is 4.99 Å². The van der Waals surface area contributed by atoms with Gasteiger partial charge in [0.25, 0.3) is 12.1 Å². The lowest BCUT2D eigenvalue weighted by Crippen LogP contribution is -2.44. The van der Waals surface area contributed by atoms with E-state index in [1.165, 1.54) is 30.5 Å². The van der Waals surface area contributed by atoms with Crippen LogP contribution >= 0.6 is 15.9 Å². The van der Waals surface area contributed by atoms with Crippen LogP contribution in [0.1, 0.15) is 11.1 Å². The molecular formula is C19H12BrF6NO2S. The van der Waals surface area contributed by atoms with E-state index in [2.05, 4.69) is 20.9 Å². The third kappa shape index (κ3) is 3.37. The normalized spacial score (nSPS) is 21.2. The number of aliphatic imine (C=N–C) groups is 1. The molecule has 160 valence electrons. The number of hydrogen-bond donors (Lipinski definition) is 0. The fraction of sp³-hybridized carbons (Fsp3) is 0.211. The molecule has 11 heteroatoms. The Morgan fingerprint density at radius 2 is 1.63 bits per heavy atom. The average molecular weight is 512 g/mol. The molecule has 0 N–H and O–H groups in total. The van der Waals surface area contributed by atoms with Crippen molar-refractivity contribution < 1.29 is 34.8 Å². The van der Waals surface area contributed by atoms with Gasteiger partial charge in [-0.1, -0.05) is 46.3 Å². The molecule has 2 aromatic carbocycles. The second kappa shape index (κ2) is 7.52. The van der Waals surface area contributed by atoms with Crippen molar-refractivity contribution in [3.8, 4) is 0 Å². The molecule has 0 aliphatic carbocycles. The van der Waals surface area contributed by atoms with Gasteiger partial charge in [-0.3, -0.25) is 4.99 Å². The molecule has 2 atom stereocenters. The van der Waals surface area contributed by atoms with Crippen molar-refractivity contribution in [3.63, 3.8) is 0 Å². The molecule has 0 radical (unpaired) electrons. The van der Waals surface area contributed by atoms with Crippen LogP contribution in [0.15, 0.2) is 75.2 Å². The van der Waals surface area contributed by atoms with Gasteiger partial charge in [0.2, 0.25) is 0 Å². The Hall–Kier alpha value is -2.14. The summed E-state index contributed by atoms with van der Waals surface area (Å²) in [5, 5.41) is 0. The summed E-state index contributed by atoms with van der Waals surface area (Å²) >= 11 is 3.17. The molecule has 0 saturated carbocycles. The third-order valence-electron chi connectivity index (χ3n) is 4.70. The summed E-state index contributed by atoms with van der Waals surface area (Å²) < 4.78 is 104. The minimum absolute atomic E-state index is 0.0810. The second-order valence-electron chi connectivity index (χ2n) is 6.44. The molecule has 2 aromatic rings. The molecule has 0 aromatic heterocycles. The first kappa shape index (κ1) is 22.5. The van der Waals surface area contributed by atoms with Crippen molar-refractivity contribution in [1.82, 2.24) is 0 Å². The largest absolute Gasteiger partial charge is 0.432 e. The van der Waals surface area contributed by atoms with Gasteiger partial charge in [0, 0.05) is 22.5 Å². The predicted molar refractivity (Wildman–Crippen MR) is 102 cm³/mol. The maximum Gasteiger partial charge on any atom is 0.432 e. The summed E-state index contributed by atoms with van der Waals surface area (Å²) in [7, 11) is -4.20. The topological polar surface area (TPSA) is 46.5 Å². The Morgan fingerprint density at radius 1 is 1.00 bits per heavy atom. The molecule has 0 amide bonds. The number of alkyl halides is 6. The number of halogens is 7. The highest BCUT2D eigenvalue weighted by Gasteiger charge is 2.64. The van der Waals surface area contributed by atoms with E-state index >= 15 is 0 Å². The molecule has 30 heavy (non-hydrogen) atoms. The highest BCUT2D eigenvalue weighted by atomic mass is 79.9. The first-order valence-corrected chi connectivity index (χ1v) is 10.5. The molecule has 1 aliphatic rings. The summed E-state index contributed by atoms with van der Waals surface area (Å²) in [5.41, 5.74) is -6.30. The molecule has 3 nitrogen and oxygen atoms in total. The van der Waals surface area contributed by atoms with Gasteiger partial charge in [0.15, 0.2) is 14.6 Å². The monoisotopic (exact) mass is 511 g/mol. The maximum absolute atomic E-state index is 14.3. The van der Waals surface area contributed by atoms with Crippen LogP contribution in [0, 0.1) is 0 Å². The minimum atomic E-state index is -5.86. The number of rotatable bonds is 5. The van der Waals surface area contributed by atoms with Crippen LogP contribution < -0.4 is 0 Å². The van der Waals surface area contributed by atoms with Gasteiger partial charge in [-0.05, 0) is 29.8 Å². The minimum Gasteiger partial charge on any atom is -0.267 e. The van der Waals surface area contributed by atoms with Gasteiger partial charge < -0.3 is 0 Å². The van der Waals surface area contributed by atoms with Crippen molar-refractivity contribution >= 4 is 32.0 Å². The highest BCUT2D eigenvalue weighted by molar-refractivity contribution is 9.10. The number of hydrogen-bond acceptors (Lipinski definition) is 3. The number of nitrogens with zero attached hydrogens (tertiary/aromatic N) is 1. The molecule has 0 fully saturated rings. The van der Waals surface area contributed by atoms with Gasteiger partial charge >= 0.3 is 6.18 Å². The second-order valence-corrected chi connectivity index (χ2v) is 9.50. The van der Waals surface area contributed by atoms with Crippen molar-refractivity contribution in [2.75, 3.05) is 0 Å². The van der Waals surface area contributed by atoms with Crippen molar-refractivity contribution in [3.05, 3.63) is 76.4 Å². The van der Waals surface area contributed by atoms with E-state index in [9.17, 15) is 34.8 Å². The Kier molecular flexibility index (Phi) is 5.65. The van der Waals surface area contributed by atoms with Gasteiger partial charge in [0.1, 0.15) is 0 Å². The fourth-order valence-corrected chi connectivity index (χ4v) is 5.42. The van der Waals surface area contributed by atoms with Gasteiger partial charge in [-0.2, -0.15) is 13.2 Å². The molecule has 2 unspecified atom stereocenters. The third-order valence-corrected chi connectivity index (χ3v) is 7.43. The lowest BCUT2D eigenvalue weighted by Gasteiger charge is -2.29. The number of sulfone groups is 1. The Balaban J connectivity index is 2.14. The van der Waals surface area contributed by atoms with Gasteiger partial charge in [-0.15, -0.1) is 0 Å². The summed E-state index contributed by atoms with van der Waals surface area (Å²) in [6.07, 6.45) is -6.76. The molecule has 0 bridgehead atoms. The van der Waals surface area contributed by atoms with E-state index in [0.717, 1.165) is 18.3 Å². The molecular weight excluding hydrogens is 500 g/mol. The van der Waals surface area contributed by atoms with Crippen LogP contribution in [0.5, 0.6) is 0 Å². The fourth-order valence-electron chi connectivity index (χ4n) is 3.05. The Bertz CT molecular complexity index is 1100. The van der Waals surface area contributed by atoms with Gasteiger partial charge in [0.05, 0.1) is 4.90 Å². The van der Waals surface area contributed by atoms with Crippen LogP contribution in [-0.4, -0.2) is 27.2 Å². The summed E-state index contributed by atoms with van der Waals surface area (Å²) in [5.74, 6) is 0. The van der Waals surface area contributed by atoms with Gasteiger partial charge in [-0.25, -0.2) is 21.6 Å². The van der Waals surface area contributed by atoms with E-state index in [1.54, 1.807) is 6.07 Å². The zero-order valence-corrected chi connectivity index (χ0v) is 17.1. The van der Waals surface area contributed by atoms with Crippen LogP contribution in [-0.2, 0) is 20.3 Å². The zero-order valence-electron chi connectivity index (χ0n) is 14.7. The predicted octanol–water partition coefficient (Wildman–Crippen LogP) is 5.71. The van der Waals surface area contributed by atoms with Crippen molar-refractivity contribution in [1.29, 1.82) is 0 Å². The molecule has 1 heterocycles. The first-order valence-electron chi connectivity index (χ1n) is 8.23. The smallest absolute Gasteiger partial charge is 0.267 e. The summed E-state index contributed by atoms with van der Waals surface area (Å²) in [4.78, 5) is 3.69. The van der Waals surface area contributed by atoms with E-state index in [1.807, 2.05) is 0 Å². The lowest BCUT2D eigenvalue weighted by molar-refractivity contribution is -0.274. The van der Waals surface area contributed by atoms with Crippen LogP contribution in [0.25, 0.3) is 0 Å². The lowest BCUT2D eigenvalue weighted by atomic mass is 9.91. The highest BCUT2D eigenvalue weighted by Crippen LogP contribution is 2.47. The van der Waals surface area contributed by atoms with E-state index in [0.29, 0.717) is 16.6 Å². The first-order chi connectivity index (χ1) is 13.9. The SMILES string of the molecule is O=S(=O)(c1cccc(Br)c1)C1(c2ccc(C(F)(C(F)F)C(F)(F)F)cc2)C=CN=C1. The molecule has 0 spiro atoms. The standard InChI is InChI=1S/C19H12BrF6NO2S/c20-14-2-1-3-15(10-14)30(28,29)17(8-9-27-11-17)12-4-6-13(7-5-12)18(23,16(21)22)19(24,25)26/h1-11,16H. The van der Waals surface area contributed by atoms with Crippen LogP contribution in [0.4, 0.5) is 26.3 Å². The van der Waals surface area contributed by atoms with Crippen molar-refractivity contribution in [2.45, 2.75) is 27.9 Å². The van der Waals surface area contributed by atoms with E-state index in [-0.39, 0.29) is 10.5 Å². The van der Waals surface area contributed by atoms with Crippen LogP contribution in [0.3, 0.4) is 0 Å². The molecule has 0 saturated heterocycles. The van der Waals surface area contributed by atoms with E-state index < -0.39 is 38.4 Å². The Labute approximate surface area is 176 Å².